The highest BCUT2D eigenvalue weighted by atomic mass is 32.1. The van der Waals surface area contributed by atoms with Gasteiger partial charge in [0.05, 0.1) is 13.2 Å². The summed E-state index contributed by atoms with van der Waals surface area (Å²) in [6, 6.07) is 9.18. The van der Waals surface area contributed by atoms with Crippen LogP contribution >= 0.6 is 11.3 Å². The Labute approximate surface area is 143 Å². The van der Waals surface area contributed by atoms with Gasteiger partial charge in [0.25, 0.3) is 5.91 Å². The lowest BCUT2D eigenvalue weighted by atomic mass is 10.2. The predicted molar refractivity (Wildman–Crippen MR) is 90.0 cm³/mol. The van der Waals surface area contributed by atoms with Gasteiger partial charge in [0.1, 0.15) is 5.01 Å². The van der Waals surface area contributed by atoms with E-state index in [2.05, 4.69) is 15.5 Å². The minimum absolute atomic E-state index is 0.0868. The van der Waals surface area contributed by atoms with Gasteiger partial charge in [0.2, 0.25) is 10.9 Å². The highest BCUT2D eigenvalue weighted by molar-refractivity contribution is 7.13. The van der Waals surface area contributed by atoms with Crippen molar-refractivity contribution < 1.29 is 14.3 Å². The van der Waals surface area contributed by atoms with E-state index in [1.54, 1.807) is 17.0 Å². The Kier molecular flexibility index (Phi) is 5.50. The Morgan fingerprint density at radius 1 is 1.17 bits per heavy atom. The minimum atomic E-state index is -0.288. The molecule has 3 rings (SSSR count). The number of aryl methyl sites for hydroxylation is 1. The molecule has 7 nitrogen and oxygen atoms in total. The molecule has 24 heavy (non-hydrogen) atoms. The van der Waals surface area contributed by atoms with E-state index in [1.165, 1.54) is 11.3 Å². The number of aromatic nitrogens is 2. The molecule has 2 aromatic rings. The number of nitrogens with one attached hydrogen (secondary N) is 1. The highest BCUT2D eigenvalue weighted by Crippen LogP contribution is 2.15. The molecule has 0 spiro atoms. The second-order valence-electron chi connectivity index (χ2n) is 5.31. The van der Waals surface area contributed by atoms with Crippen LogP contribution in [0.5, 0.6) is 0 Å². The first-order valence-electron chi connectivity index (χ1n) is 7.76. The van der Waals surface area contributed by atoms with Crippen molar-refractivity contribution in [2.24, 2.45) is 0 Å². The predicted octanol–water partition coefficient (Wildman–Crippen LogP) is 1.58. The molecule has 8 heteroatoms. The number of para-hydroxylation sites is 1. The van der Waals surface area contributed by atoms with Crippen LogP contribution < -0.4 is 5.32 Å². The van der Waals surface area contributed by atoms with E-state index in [1.807, 2.05) is 18.2 Å². The topological polar surface area (TPSA) is 84.4 Å². The number of anilines is 1. The molecule has 1 aromatic heterocycles. The molecule has 1 aromatic carbocycles. The van der Waals surface area contributed by atoms with Crippen LogP contribution in [-0.4, -0.2) is 53.2 Å². The molecule has 0 radical (unpaired) electrons. The maximum atomic E-state index is 12.1. The third-order valence-corrected chi connectivity index (χ3v) is 4.59. The summed E-state index contributed by atoms with van der Waals surface area (Å²) < 4.78 is 5.23. The molecule has 126 valence electrons. The summed E-state index contributed by atoms with van der Waals surface area (Å²) in [6.07, 6.45) is 0.863. The third-order valence-electron chi connectivity index (χ3n) is 3.61. The Balaban J connectivity index is 1.51. The zero-order valence-corrected chi connectivity index (χ0v) is 13.9. The number of hydrogen-bond acceptors (Lipinski definition) is 6. The summed E-state index contributed by atoms with van der Waals surface area (Å²) >= 11 is 1.22. The van der Waals surface area contributed by atoms with Crippen LogP contribution in [0.1, 0.15) is 21.2 Å². The Morgan fingerprint density at radius 2 is 1.92 bits per heavy atom. The van der Waals surface area contributed by atoms with E-state index in [0.29, 0.717) is 54.8 Å². The summed E-state index contributed by atoms with van der Waals surface area (Å²) in [6.45, 7) is 2.46. The van der Waals surface area contributed by atoms with Crippen molar-refractivity contribution in [2.75, 3.05) is 31.6 Å². The fraction of sp³-hybridized carbons (Fsp3) is 0.375. The number of ether oxygens (including phenoxy) is 1. The fourth-order valence-corrected chi connectivity index (χ4v) is 3.07. The van der Waals surface area contributed by atoms with Crippen LogP contribution in [0.15, 0.2) is 30.3 Å². The van der Waals surface area contributed by atoms with Crippen molar-refractivity contribution in [3.8, 4) is 0 Å². The number of benzene rings is 1. The number of rotatable bonds is 5. The van der Waals surface area contributed by atoms with E-state index in [9.17, 15) is 9.59 Å². The van der Waals surface area contributed by atoms with Crippen molar-refractivity contribution in [3.63, 3.8) is 0 Å². The number of nitrogens with zero attached hydrogens (tertiary/aromatic N) is 3. The first-order chi connectivity index (χ1) is 11.7. The van der Waals surface area contributed by atoms with Gasteiger partial charge in [-0.15, -0.1) is 10.2 Å². The van der Waals surface area contributed by atoms with E-state index >= 15 is 0 Å². The third kappa shape index (κ3) is 4.36. The van der Waals surface area contributed by atoms with Crippen molar-refractivity contribution in [1.29, 1.82) is 0 Å². The monoisotopic (exact) mass is 346 g/mol. The maximum absolute atomic E-state index is 12.1. The summed E-state index contributed by atoms with van der Waals surface area (Å²) in [7, 11) is 0. The number of amides is 2. The SMILES string of the molecule is O=C(Nc1ccccc1)c1nnc(CCC(=O)N2CCOCC2)s1. The second kappa shape index (κ2) is 7.98. The molecule has 1 fully saturated rings. The van der Waals surface area contributed by atoms with Gasteiger partial charge < -0.3 is 15.0 Å². The van der Waals surface area contributed by atoms with Crippen molar-refractivity contribution in [3.05, 3.63) is 40.3 Å². The molecule has 0 atom stereocenters. The van der Waals surface area contributed by atoms with Gasteiger partial charge in [-0.05, 0) is 12.1 Å². The molecule has 2 heterocycles. The van der Waals surface area contributed by atoms with Gasteiger partial charge in [-0.2, -0.15) is 0 Å². The van der Waals surface area contributed by atoms with E-state index in [4.69, 9.17) is 4.74 Å². The highest BCUT2D eigenvalue weighted by Gasteiger charge is 2.18. The van der Waals surface area contributed by atoms with Gasteiger partial charge in [-0.3, -0.25) is 9.59 Å². The van der Waals surface area contributed by atoms with Gasteiger partial charge in [-0.25, -0.2) is 0 Å². The average Bonchev–Trinajstić information content (AvgIpc) is 3.10. The molecule has 1 aliphatic rings. The Morgan fingerprint density at radius 3 is 2.67 bits per heavy atom. The number of carbonyl (C=O) groups is 2. The largest absolute Gasteiger partial charge is 0.378 e. The van der Waals surface area contributed by atoms with Crippen molar-refractivity contribution >= 4 is 28.8 Å². The number of carbonyl (C=O) groups excluding carboxylic acids is 2. The summed E-state index contributed by atoms with van der Waals surface area (Å²) in [5, 5.41) is 11.7. The minimum Gasteiger partial charge on any atom is -0.378 e. The summed E-state index contributed by atoms with van der Waals surface area (Å²) in [5.41, 5.74) is 0.710. The van der Waals surface area contributed by atoms with Crippen LogP contribution in [0.2, 0.25) is 0 Å². The van der Waals surface area contributed by atoms with Crippen LogP contribution in [0, 0.1) is 0 Å². The zero-order chi connectivity index (χ0) is 16.8. The first kappa shape index (κ1) is 16.5. The first-order valence-corrected chi connectivity index (χ1v) is 8.58. The lowest BCUT2D eigenvalue weighted by molar-refractivity contribution is -0.135. The summed E-state index contributed by atoms with van der Waals surface area (Å²) in [4.78, 5) is 26.0. The molecular weight excluding hydrogens is 328 g/mol. The average molecular weight is 346 g/mol. The zero-order valence-electron chi connectivity index (χ0n) is 13.1. The van der Waals surface area contributed by atoms with Gasteiger partial charge in [-0.1, -0.05) is 29.5 Å². The smallest absolute Gasteiger partial charge is 0.286 e. The van der Waals surface area contributed by atoms with Gasteiger partial charge in [0, 0.05) is 31.6 Å². The van der Waals surface area contributed by atoms with E-state index < -0.39 is 0 Å². The Bertz CT molecular complexity index is 698. The van der Waals surface area contributed by atoms with Crippen molar-refractivity contribution in [2.45, 2.75) is 12.8 Å². The second-order valence-corrected chi connectivity index (χ2v) is 6.38. The van der Waals surface area contributed by atoms with Crippen LogP contribution in [0.25, 0.3) is 0 Å². The van der Waals surface area contributed by atoms with Crippen LogP contribution in [-0.2, 0) is 16.0 Å². The van der Waals surface area contributed by atoms with Crippen LogP contribution in [0.3, 0.4) is 0 Å². The standard InChI is InChI=1S/C16H18N4O3S/c21-14(20-8-10-23-11-9-20)7-6-13-18-19-16(24-13)15(22)17-12-4-2-1-3-5-12/h1-5H,6-11H2,(H,17,22). The molecule has 2 amide bonds. The lowest BCUT2D eigenvalue weighted by Crippen LogP contribution is -2.40. The molecule has 0 aliphatic carbocycles. The van der Waals surface area contributed by atoms with Gasteiger partial charge >= 0.3 is 0 Å². The van der Waals surface area contributed by atoms with Crippen molar-refractivity contribution in [1.82, 2.24) is 15.1 Å². The number of hydrogen-bond donors (Lipinski definition) is 1. The quantitative estimate of drug-likeness (QED) is 0.888. The molecule has 1 N–H and O–H groups in total. The molecular formula is C16H18N4O3S. The molecule has 1 saturated heterocycles. The lowest BCUT2D eigenvalue weighted by Gasteiger charge is -2.26. The molecule has 0 unspecified atom stereocenters. The normalized spacial score (nSPS) is 14.4. The molecule has 0 bridgehead atoms. The Hall–Kier alpha value is -2.32. The van der Waals surface area contributed by atoms with Crippen LogP contribution in [0.4, 0.5) is 5.69 Å². The number of morpholine rings is 1. The summed E-state index contributed by atoms with van der Waals surface area (Å²) in [5.74, 6) is -0.201. The van der Waals surface area contributed by atoms with Gasteiger partial charge in [0.15, 0.2) is 0 Å². The van der Waals surface area contributed by atoms with E-state index in [0.717, 1.165) is 0 Å². The molecule has 1 aliphatic heterocycles. The maximum Gasteiger partial charge on any atom is 0.286 e. The fourth-order valence-electron chi connectivity index (χ4n) is 2.34. The van der Waals surface area contributed by atoms with E-state index in [-0.39, 0.29) is 11.8 Å². The molecule has 0 saturated carbocycles.